The van der Waals surface area contributed by atoms with Crippen molar-refractivity contribution in [2.45, 2.75) is 25.8 Å². The van der Waals surface area contributed by atoms with E-state index in [-0.39, 0.29) is 5.82 Å². The van der Waals surface area contributed by atoms with E-state index in [9.17, 15) is 4.39 Å². The van der Waals surface area contributed by atoms with E-state index in [0.29, 0.717) is 6.54 Å². The molecule has 25 heavy (non-hydrogen) atoms. The van der Waals surface area contributed by atoms with Gasteiger partial charge in [0.05, 0.1) is 5.69 Å². The zero-order chi connectivity index (χ0) is 17.5. The second kappa shape index (κ2) is 8.80. The van der Waals surface area contributed by atoms with Gasteiger partial charge in [0.1, 0.15) is 5.82 Å². The van der Waals surface area contributed by atoms with Gasteiger partial charge in [0.2, 0.25) is 0 Å². The smallest absolute Gasteiger partial charge is 0.191 e. The molecule has 2 heterocycles. The van der Waals surface area contributed by atoms with Crippen LogP contribution in [0.2, 0.25) is 0 Å². The molecule has 0 radical (unpaired) electrons. The molecule has 0 unspecified atom stereocenters. The van der Waals surface area contributed by atoms with Crippen LogP contribution in [0.1, 0.15) is 24.1 Å². The number of nitrogens with one attached hydrogen (secondary N) is 2. The lowest BCUT2D eigenvalue weighted by atomic mass is 10.2. The first-order valence-corrected chi connectivity index (χ1v) is 9.51. The van der Waals surface area contributed by atoms with E-state index in [1.165, 1.54) is 25.0 Å². The minimum atomic E-state index is -0.220. The molecule has 1 aliphatic heterocycles. The number of anilines is 1. The number of halogens is 1. The quantitative estimate of drug-likeness (QED) is 0.614. The molecule has 3 rings (SSSR count). The van der Waals surface area contributed by atoms with Crippen molar-refractivity contribution in [2.24, 2.45) is 4.99 Å². The average molecular weight is 361 g/mol. The molecule has 0 atom stereocenters. The molecule has 7 heteroatoms. The molecule has 1 aliphatic rings. The fourth-order valence-corrected chi connectivity index (χ4v) is 3.70. The number of rotatable bonds is 6. The first-order valence-electron chi connectivity index (χ1n) is 8.63. The van der Waals surface area contributed by atoms with Crippen molar-refractivity contribution in [3.05, 3.63) is 46.7 Å². The van der Waals surface area contributed by atoms with E-state index in [1.54, 1.807) is 30.5 Å². The number of benzene rings is 1. The van der Waals surface area contributed by atoms with Crippen LogP contribution in [-0.4, -0.2) is 37.6 Å². The summed E-state index contributed by atoms with van der Waals surface area (Å²) in [5, 5.41) is 9.81. The Labute approximate surface area is 152 Å². The maximum atomic E-state index is 12.9. The summed E-state index contributed by atoms with van der Waals surface area (Å²) in [4.78, 5) is 11.3. The summed E-state index contributed by atoms with van der Waals surface area (Å²) in [5.41, 5.74) is 2.13. The van der Waals surface area contributed by atoms with E-state index < -0.39 is 0 Å². The third-order valence-corrected chi connectivity index (χ3v) is 5.14. The third kappa shape index (κ3) is 5.16. The van der Waals surface area contributed by atoms with Crippen molar-refractivity contribution in [2.75, 3.05) is 31.6 Å². The van der Waals surface area contributed by atoms with Crippen molar-refractivity contribution in [1.82, 2.24) is 15.6 Å². The molecule has 1 aromatic heterocycles. The number of nitrogens with zero attached hydrogens (tertiary/aromatic N) is 3. The Hall–Kier alpha value is -2.15. The first kappa shape index (κ1) is 17.7. The fraction of sp³-hybridized carbons (Fsp3) is 0.444. The first-order chi connectivity index (χ1) is 12.2. The Morgan fingerprint density at radius 1 is 1.24 bits per heavy atom. The second-order valence-electron chi connectivity index (χ2n) is 6.04. The lowest BCUT2D eigenvalue weighted by Crippen LogP contribution is -2.37. The summed E-state index contributed by atoms with van der Waals surface area (Å²) in [6, 6.07) is 6.47. The van der Waals surface area contributed by atoms with E-state index in [2.05, 4.69) is 25.9 Å². The SMILES string of the molecule is CN=C(NCCc1csc(N2CCCC2)n1)NCc1ccc(F)cc1. The predicted octanol–water partition coefficient (Wildman–Crippen LogP) is 2.79. The molecule has 0 aliphatic carbocycles. The molecule has 2 N–H and O–H groups in total. The standard InChI is InChI=1S/C18H24FN5S/c1-20-17(22-12-14-4-6-15(19)7-5-14)21-9-8-16-13-25-18(23-16)24-10-2-3-11-24/h4-7,13H,2-3,8-12H2,1H3,(H2,20,21,22). The van der Waals surface area contributed by atoms with Crippen LogP contribution in [0.5, 0.6) is 0 Å². The van der Waals surface area contributed by atoms with Crippen molar-refractivity contribution >= 4 is 22.4 Å². The normalized spacial score (nSPS) is 14.8. The Balaban J connectivity index is 1.41. The highest BCUT2D eigenvalue weighted by atomic mass is 32.1. The van der Waals surface area contributed by atoms with Gasteiger partial charge in [-0.1, -0.05) is 12.1 Å². The number of guanidine groups is 1. The molecule has 2 aromatic rings. The third-order valence-electron chi connectivity index (χ3n) is 4.19. The van der Waals surface area contributed by atoms with Crippen LogP contribution in [0.15, 0.2) is 34.6 Å². The highest BCUT2D eigenvalue weighted by Gasteiger charge is 2.15. The maximum absolute atomic E-state index is 12.9. The summed E-state index contributed by atoms with van der Waals surface area (Å²) >= 11 is 1.73. The summed E-state index contributed by atoms with van der Waals surface area (Å²) in [6.07, 6.45) is 3.40. The van der Waals surface area contributed by atoms with Gasteiger partial charge >= 0.3 is 0 Å². The van der Waals surface area contributed by atoms with Gasteiger partial charge in [0.15, 0.2) is 11.1 Å². The highest BCUT2D eigenvalue weighted by Crippen LogP contribution is 2.24. The van der Waals surface area contributed by atoms with Crippen LogP contribution in [0.4, 0.5) is 9.52 Å². The largest absolute Gasteiger partial charge is 0.356 e. The van der Waals surface area contributed by atoms with Crippen LogP contribution in [0, 0.1) is 5.82 Å². The molecule has 0 bridgehead atoms. The summed E-state index contributed by atoms with van der Waals surface area (Å²) in [5.74, 6) is 0.516. The monoisotopic (exact) mass is 361 g/mol. The zero-order valence-corrected chi connectivity index (χ0v) is 15.3. The Morgan fingerprint density at radius 2 is 2.00 bits per heavy atom. The maximum Gasteiger partial charge on any atom is 0.191 e. The van der Waals surface area contributed by atoms with Crippen molar-refractivity contribution in [3.8, 4) is 0 Å². The number of hydrogen-bond donors (Lipinski definition) is 2. The molecule has 0 amide bonds. The molecule has 1 fully saturated rings. The van der Waals surface area contributed by atoms with E-state index >= 15 is 0 Å². The minimum Gasteiger partial charge on any atom is -0.356 e. The Kier molecular flexibility index (Phi) is 6.22. The highest BCUT2D eigenvalue weighted by molar-refractivity contribution is 7.13. The fourth-order valence-electron chi connectivity index (χ4n) is 2.78. The minimum absolute atomic E-state index is 0.220. The molecule has 0 saturated carbocycles. The van der Waals surface area contributed by atoms with Gasteiger partial charge < -0.3 is 15.5 Å². The summed E-state index contributed by atoms with van der Waals surface area (Å²) in [6.45, 7) is 3.64. The van der Waals surface area contributed by atoms with Crippen LogP contribution >= 0.6 is 11.3 Å². The number of thiazole rings is 1. The van der Waals surface area contributed by atoms with E-state index in [0.717, 1.165) is 48.4 Å². The van der Waals surface area contributed by atoms with Crippen molar-refractivity contribution < 1.29 is 4.39 Å². The van der Waals surface area contributed by atoms with Gasteiger partial charge in [0, 0.05) is 45.0 Å². The Morgan fingerprint density at radius 3 is 2.72 bits per heavy atom. The molecule has 5 nitrogen and oxygen atoms in total. The molecular formula is C18H24FN5S. The van der Waals surface area contributed by atoms with E-state index in [4.69, 9.17) is 4.98 Å². The topological polar surface area (TPSA) is 52.6 Å². The van der Waals surface area contributed by atoms with Gasteiger partial charge in [-0.25, -0.2) is 9.37 Å². The lowest BCUT2D eigenvalue weighted by molar-refractivity contribution is 0.626. The number of aromatic nitrogens is 1. The predicted molar refractivity (Wildman–Crippen MR) is 102 cm³/mol. The number of hydrogen-bond acceptors (Lipinski definition) is 4. The molecule has 0 spiro atoms. The van der Waals surface area contributed by atoms with Gasteiger partial charge in [-0.2, -0.15) is 0 Å². The molecule has 1 aromatic carbocycles. The van der Waals surface area contributed by atoms with Gasteiger partial charge in [-0.15, -0.1) is 11.3 Å². The van der Waals surface area contributed by atoms with E-state index in [1.807, 2.05) is 0 Å². The molecule has 134 valence electrons. The lowest BCUT2D eigenvalue weighted by Gasteiger charge is -2.12. The van der Waals surface area contributed by atoms with Crippen LogP contribution in [0.25, 0.3) is 0 Å². The van der Waals surface area contributed by atoms with Crippen LogP contribution in [0.3, 0.4) is 0 Å². The molecule has 1 saturated heterocycles. The van der Waals surface area contributed by atoms with Crippen molar-refractivity contribution in [1.29, 1.82) is 0 Å². The summed E-state index contributed by atoms with van der Waals surface area (Å²) in [7, 11) is 1.74. The second-order valence-corrected chi connectivity index (χ2v) is 6.88. The van der Waals surface area contributed by atoms with Gasteiger partial charge in [-0.3, -0.25) is 4.99 Å². The van der Waals surface area contributed by atoms with Crippen LogP contribution in [-0.2, 0) is 13.0 Å². The molecular weight excluding hydrogens is 337 g/mol. The van der Waals surface area contributed by atoms with Gasteiger partial charge in [-0.05, 0) is 30.5 Å². The Bertz CT molecular complexity index is 692. The van der Waals surface area contributed by atoms with Crippen molar-refractivity contribution in [3.63, 3.8) is 0 Å². The summed E-state index contributed by atoms with van der Waals surface area (Å²) < 4.78 is 12.9. The number of aliphatic imine (C=N–C) groups is 1. The zero-order valence-electron chi connectivity index (χ0n) is 14.5. The average Bonchev–Trinajstić information content (AvgIpc) is 3.30. The van der Waals surface area contributed by atoms with Crippen LogP contribution < -0.4 is 15.5 Å². The van der Waals surface area contributed by atoms with Gasteiger partial charge in [0.25, 0.3) is 0 Å².